The normalized spacial score (nSPS) is 11.4. The zero-order valence-electron chi connectivity index (χ0n) is 19.2. The fraction of sp³-hybridized carbons (Fsp3) is 0.269. The van der Waals surface area contributed by atoms with Gasteiger partial charge in [-0.15, -0.1) is 0 Å². The lowest BCUT2D eigenvalue weighted by Gasteiger charge is -2.23. The lowest BCUT2D eigenvalue weighted by atomic mass is 9.98. The standard InChI is InChI=1S/C26H30N2O3S/c1-18(2)24-12-8-10-20(4)25(24)27-26(29)21-13-15-23(16-14-21)28(32(5,30)31)17-22-11-7-6-9-19(22)3/h6-16,18H,17H2,1-5H3,(H,27,29). The Labute approximate surface area is 191 Å². The summed E-state index contributed by atoms with van der Waals surface area (Å²) >= 11 is 0. The molecular weight excluding hydrogens is 420 g/mol. The minimum absolute atomic E-state index is 0.224. The zero-order valence-corrected chi connectivity index (χ0v) is 20.0. The van der Waals surface area contributed by atoms with Gasteiger partial charge in [-0.2, -0.15) is 0 Å². The van der Waals surface area contributed by atoms with Gasteiger partial charge in [-0.1, -0.05) is 56.3 Å². The fourth-order valence-electron chi connectivity index (χ4n) is 3.65. The van der Waals surface area contributed by atoms with E-state index in [9.17, 15) is 13.2 Å². The molecule has 6 heteroatoms. The van der Waals surface area contributed by atoms with Gasteiger partial charge in [-0.25, -0.2) is 8.42 Å². The van der Waals surface area contributed by atoms with Crippen LogP contribution in [0.25, 0.3) is 0 Å². The van der Waals surface area contributed by atoms with E-state index < -0.39 is 10.0 Å². The summed E-state index contributed by atoms with van der Waals surface area (Å²) < 4.78 is 26.3. The maximum absolute atomic E-state index is 12.9. The molecular formula is C26H30N2O3S. The van der Waals surface area contributed by atoms with E-state index >= 15 is 0 Å². The van der Waals surface area contributed by atoms with Crippen molar-refractivity contribution in [3.05, 3.63) is 94.5 Å². The van der Waals surface area contributed by atoms with Gasteiger partial charge < -0.3 is 5.32 Å². The van der Waals surface area contributed by atoms with Crippen LogP contribution in [0.4, 0.5) is 11.4 Å². The number of aryl methyl sites for hydroxylation is 2. The fourth-order valence-corrected chi connectivity index (χ4v) is 4.53. The third kappa shape index (κ3) is 5.37. The molecule has 0 fully saturated rings. The van der Waals surface area contributed by atoms with Gasteiger partial charge in [0.2, 0.25) is 10.0 Å². The summed E-state index contributed by atoms with van der Waals surface area (Å²) in [7, 11) is -3.50. The molecule has 0 atom stereocenters. The van der Waals surface area contributed by atoms with E-state index in [2.05, 4.69) is 19.2 Å². The summed E-state index contributed by atoms with van der Waals surface area (Å²) in [6, 6.07) is 20.4. The van der Waals surface area contributed by atoms with Crippen LogP contribution in [0.2, 0.25) is 0 Å². The number of amides is 1. The number of para-hydroxylation sites is 1. The SMILES string of the molecule is Cc1ccccc1CN(c1ccc(C(=O)Nc2c(C)cccc2C(C)C)cc1)S(C)(=O)=O. The number of hydrogen-bond acceptors (Lipinski definition) is 3. The summed E-state index contributed by atoms with van der Waals surface area (Å²) in [4.78, 5) is 12.9. The average Bonchev–Trinajstić information content (AvgIpc) is 2.73. The molecule has 32 heavy (non-hydrogen) atoms. The molecule has 0 saturated heterocycles. The Hall–Kier alpha value is -3.12. The van der Waals surface area contributed by atoms with Crippen LogP contribution >= 0.6 is 0 Å². The first-order valence-electron chi connectivity index (χ1n) is 10.6. The molecule has 3 aromatic carbocycles. The second-order valence-corrected chi connectivity index (χ2v) is 10.3. The highest BCUT2D eigenvalue weighted by Gasteiger charge is 2.20. The lowest BCUT2D eigenvalue weighted by Crippen LogP contribution is -2.29. The Morgan fingerprint density at radius 1 is 0.906 bits per heavy atom. The van der Waals surface area contributed by atoms with Crippen LogP contribution in [0.1, 0.15) is 52.4 Å². The molecule has 5 nitrogen and oxygen atoms in total. The highest BCUT2D eigenvalue weighted by Crippen LogP contribution is 2.28. The smallest absolute Gasteiger partial charge is 0.255 e. The molecule has 3 aromatic rings. The van der Waals surface area contributed by atoms with Gasteiger partial charge in [-0.3, -0.25) is 9.10 Å². The van der Waals surface area contributed by atoms with Crippen LogP contribution < -0.4 is 9.62 Å². The van der Waals surface area contributed by atoms with Gasteiger partial charge in [0.25, 0.3) is 5.91 Å². The maximum Gasteiger partial charge on any atom is 0.255 e. The lowest BCUT2D eigenvalue weighted by molar-refractivity contribution is 0.102. The van der Waals surface area contributed by atoms with E-state index in [1.165, 1.54) is 10.6 Å². The minimum Gasteiger partial charge on any atom is -0.321 e. The predicted molar refractivity (Wildman–Crippen MR) is 132 cm³/mol. The van der Waals surface area contributed by atoms with Crippen LogP contribution in [0, 0.1) is 13.8 Å². The molecule has 0 bridgehead atoms. The highest BCUT2D eigenvalue weighted by molar-refractivity contribution is 7.92. The molecule has 0 aliphatic carbocycles. The van der Waals surface area contributed by atoms with Crippen molar-refractivity contribution < 1.29 is 13.2 Å². The Balaban J connectivity index is 1.86. The molecule has 0 heterocycles. The van der Waals surface area contributed by atoms with Crippen LogP contribution in [0.3, 0.4) is 0 Å². The van der Waals surface area contributed by atoms with Crippen molar-refractivity contribution >= 4 is 27.3 Å². The van der Waals surface area contributed by atoms with E-state index in [0.29, 0.717) is 11.3 Å². The first-order chi connectivity index (χ1) is 15.1. The van der Waals surface area contributed by atoms with Gasteiger partial charge in [-0.05, 0) is 66.3 Å². The topological polar surface area (TPSA) is 66.5 Å². The molecule has 1 N–H and O–H groups in total. The van der Waals surface area contributed by atoms with E-state index in [-0.39, 0.29) is 18.4 Å². The predicted octanol–water partition coefficient (Wildman–Crippen LogP) is 5.65. The summed E-state index contributed by atoms with van der Waals surface area (Å²) in [5.41, 5.74) is 5.85. The summed E-state index contributed by atoms with van der Waals surface area (Å²) in [5.74, 6) is 0.0508. The van der Waals surface area contributed by atoms with Crippen molar-refractivity contribution in [3.63, 3.8) is 0 Å². The molecule has 0 saturated carbocycles. The largest absolute Gasteiger partial charge is 0.321 e. The number of hydrogen-bond donors (Lipinski definition) is 1. The number of rotatable bonds is 7. The van der Waals surface area contributed by atoms with Gasteiger partial charge >= 0.3 is 0 Å². The maximum atomic E-state index is 12.9. The van der Waals surface area contributed by atoms with Gasteiger partial charge in [0, 0.05) is 11.3 Å². The van der Waals surface area contributed by atoms with Gasteiger partial charge in [0.05, 0.1) is 18.5 Å². The molecule has 1 amide bonds. The summed E-state index contributed by atoms with van der Waals surface area (Å²) in [5, 5.41) is 3.03. The molecule has 0 unspecified atom stereocenters. The Bertz CT molecular complexity index is 1220. The van der Waals surface area contributed by atoms with Crippen LogP contribution in [-0.4, -0.2) is 20.6 Å². The Morgan fingerprint density at radius 3 is 2.12 bits per heavy atom. The first kappa shape index (κ1) is 23.5. The molecule has 0 aliphatic heterocycles. The molecule has 0 aliphatic rings. The number of nitrogens with one attached hydrogen (secondary N) is 1. The van der Waals surface area contributed by atoms with Gasteiger partial charge in [0.1, 0.15) is 0 Å². The molecule has 3 rings (SSSR count). The van der Waals surface area contributed by atoms with Crippen molar-refractivity contribution in [2.24, 2.45) is 0 Å². The first-order valence-corrected chi connectivity index (χ1v) is 12.5. The number of carbonyl (C=O) groups excluding carboxylic acids is 1. The minimum atomic E-state index is -3.50. The average molecular weight is 451 g/mol. The zero-order chi connectivity index (χ0) is 23.5. The number of sulfonamides is 1. The van der Waals surface area contributed by atoms with Crippen molar-refractivity contribution in [3.8, 4) is 0 Å². The highest BCUT2D eigenvalue weighted by atomic mass is 32.2. The second-order valence-electron chi connectivity index (χ2n) is 8.39. The van der Waals surface area contributed by atoms with Crippen LogP contribution in [0.5, 0.6) is 0 Å². The molecule has 0 radical (unpaired) electrons. The Kier molecular flexibility index (Phi) is 7.04. The van der Waals surface area contributed by atoms with Crippen molar-refractivity contribution in [1.82, 2.24) is 0 Å². The third-order valence-electron chi connectivity index (χ3n) is 5.56. The molecule has 168 valence electrons. The monoisotopic (exact) mass is 450 g/mol. The molecule has 0 spiro atoms. The van der Waals surface area contributed by atoms with Crippen LogP contribution in [-0.2, 0) is 16.6 Å². The number of nitrogens with zero attached hydrogens (tertiary/aromatic N) is 1. The van der Waals surface area contributed by atoms with Crippen LogP contribution in [0.15, 0.2) is 66.7 Å². The quantitative estimate of drug-likeness (QED) is 0.506. The number of anilines is 2. The van der Waals surface area contributed by atoms with E-state index in [0.717, 1.165) is 27.9 Å². The number of carbonyl (C=O) groups is 1. The van der Waals surface area contributed by atoms with Crippen molar-refractivity contribution in [1.29, 1.82) is 0 Å². The summed E-state index contributed by atoms with van der Waals surface area (Å²) in [6.07, 6.45) is 1.19. The molecule has 0 aromatic heterocycles. The summed E-state index contributed by atoms with van der Waals surface area (Å²) in [6.45, 7) is 8.35. The van der Waals surface area contributed by atoms with Crippen molar-refractivity contribution in [2.45, 2.75) is 40.2 Å². The Morgan fingerprint density at radius 2 is 1.53 bits per heavy atom. The second kappa shape index (κ2) is 9.57. The van der Waals surface area contributed by atoms with Gasteiger partial charge in [0.15, 0.2) is 0 Å². The third-order valence-corrected chi connectivity index (χ3v) is 6.70. The van der Waals surface area contributed by atoms with E-state index in [1.54, 1.807) is 24.3 Å². The van der Waals surface area contributed by atoms with E-state index in [1.807, 2.05) is 56.3 Å². The van der Waals surface area contributed by atoms with Crippen molar-refractivity contribution in [2.75, 3.05) is 15.9 Å². The number of benzene rings is 3. The van der Waals surface area contributed by atoms with E-state index in [4.69, 9.17) is 0 Å².